The standard InChI is InChI=1S/C18H14Cl2N2O3/c1-9-15(17(24)18(21)25)16-13(6-3-7-14(16)23)22(9)8-10-11(19)4-2-5-12(10)20/h2-7,23H,8H2,1H3,(H2,21,25). The molecule has 0 aliphatic heterocycles. The lowest BCUT2D eigenvalue weighted by atomic mass is 10.1. The van der Waals surface area contributed by atoms with E-state index in [1.165, 1.54) is 6.07 Å². The Hall–Kier alpha value is -2.50. The van der Waals surface area contributed by atoms with Crippen molar-refractivity contribution in [1.29, 1.82) is 0 Å². The average Bonchev–Trinajstić information content (AvgIpc) is 2.83. The molecule has 0 atom stereocenters. The van der Waals surface area contributed by atoms with Crippen molar-refractivity contribution in [3.63, 3.8) is 0 Å². The second-order valence-electron chi connectivity index (χ2n) is 5.61. The first-order valence-electron chi connectivity index (χ1n) is 7.40. The number of nitrogens with zero attached hydrogens (tertiary/aromatic N) is 1. The number of ketones is 1. The fraction of sp³-hybridized carbons (Fsp3) is 0.111. The van der Waals surface area contributed by atoms with Gasteiger partial charge in [0.25, 0.3) is 11.7 Å². The van der Waals surface area contributed by atoms with Crippen LogP contribution in [0, 0.1) is 6.92 Å². The molecular weight excluding hydrogens is 363 g/mol. The van der Waals surface area contributed by atoms with Crippen LogP contribution in [-0.2, 0) is 11.3 Å². The molecule has 2 aromatic carbocycles. The van der Waals surface area contributed by atoms with Crippen LogP contribution in [0.4, 0.5) is 0 Å². The first kappa shape index (κ1) is 17.3. The molecule has 0 fully saturated rings. The van der Waals surface area contributed by atoms with Crippen molar-refractivity contribution in [2.24, 2.45) is 5.73 Å². The third-order valence-electron chi connectivity index (χ3n) is 4.16. The van der Waals surface area contributed by atoms with Crippen LogP contribution in [0.1, 0.15) is 21.6 Å². The smallest absolute Gasteiger partial charge is 0.289 e. The molecule has 0 aliphatic carbocycles. The molecule has 25 heavy (non-hydrogen) atoms. The van der Waals surface area contributed by atoms with E-state index in [0.29, 0.717) is 26.8 Å². The van der Waals surface area contributed by atoms with Crippen molar-refractivity contribution in [3.05, 3.63) is 63.3 Å². The number of halogens is 2. The second-order valence-corrected chi connectivity index (χ2v) is 6.43. The van der Waals surface area contributed by atoms with E-state index in [0.717, 1.165) is 0 Å². The maximum absolute atomic E-state index is 12.3. The van der Waals surface area contributed by atoms with Gasteiger partial charge in [-0.2, -0.15) is 0 Å². The Kier molecular flexibility index (Phi) is 4.45. The molecule has 1 heterocycles. The molecule has 0 saturated heterocycles. The van der Waals surface area contributed by atoms with Gasteiger partial charge in [0.1, 0.15) is 5.75 Å². The number of Topliss-reactive ketones (excluding diaryl/α,β-unsaturated/α-hetero) is 1. The molecule has 0 radical (unpaired) electrons. The quantitative estimate of drug-likeness (QED) is 0.537. The summed E-state index contributed by atoms with van der Waals surface area (Å²) in [6.07, 6.45) is 0. The van der Waals surface area contributed by atoms with Crippen LogP contribution in [-0.4, -0.2) is 21.4 Å². The summed E-state index contributed by atoms with van der Waals surface area (Å²) < 4.78 is 1.78. The summed E-state index contributed by atoms with van der Waals surface area (Å²) in [5.41, 5.74) is 7.00. The first-order valence-corrected chi connectivity index (χ1v) is 8.16. The highest BCUT2D eigenvalue weighted by molar-refractivity contribution is 6.45. The van der Waals surface area contributed by atoms with Crippen LogP contribution in [0.15, 0.2) is 36.4 Å². The largest absolute Gasteiger partial charge is 0.507 e. The van der Waals surface area contributed by atoms with E-state index in [-0.39, 0.29) is 23.2 Å². The summed E-state index contributed by atoms with van der Waals surface area (Å²) in [7, 11) is 0. The predicted molar refractivity (Wildman–Crippen MR) is 97.4 cm³/mol. The van der Waals surface area contributed by atoms with E-state index in [1.807, 2.05) is 0 Å². The number of amides is 1. The fourth-order valence-electron chi connectivity index (χ4n) is 2.95. The molecule has 128 valence electrons. The number of phenolic OH excluding ortho intramolecular Hbond substituents is 1. The maximum Gasteiger partial charge on any atom is 0.289 e. The van der Waals surface area contributed by atoms with Crippen LogP contribution in [0.5, 0.6) is 5.75 Å². The van der Waals surface area contributed by atoms with Gasteiger partial charge >= 0.3 is 0 Å². The Labute approximate surface area is 153 Å². The van der Waals surface area contributed by atoms with Gasteiger partial charge in [0.15, 0.2) is 0 Å². The number of fused-ring (bicyclic) bond motifs is 1. The van der Waals surface area contributed by atoms with Crippen molar-refractivity contribution in [1.82, 2.24) is 4.57 Å². The number of rotatable bonds is 4. The summed E-state index contributed by atoms with van der Waals surface area (Å²) >= 11 is 12.5. The van der Waals surface area contributed by atoms with Gasteiger partial charge in [-0.05, 0) is 31.2 Å². The minimum Gasteiger partial charge on any atom is -0.507 e. The molecular formula is C18H14Cl2N2O3. The summed E-state index contributed by atoms with van der Waals surface area (Å²) in [6, 6.07) is 10.0. The lowest BCUT2D eigenvalue weighted by Crippen LogP contribution is -2.23. The molecule has 0 spiro atoms. The Morgan fingerprint density at radius 3 is 2.32 bits per heavy atom. The van der Waals surface area contributed by atoms with E-state index in [1.54, 1.807) is 41.8 Å². The molecule has 0 saturated carbocycles. The second kappa shape index (κ2) is 6.43. The van der Waals surface area contributed by atoms with Crippen LogP contribution in [0.25, 0.3) is 10.9 Å². The Morgan fingerprint density at radius 1 is 1.12 bits per heavy atom. The van der Waals surface area contributed by atoms with Gasteiger partial charge in [-0.3, -0.25) is 9.59 Å². The summed E-state index contributed by atoms with van der Waals surface area (Å²) in [5.74, 6) is -2.04. The highest BCUT2D eigenvalue weighted by Gasteiger charge is 2.25. The Bertz CT molecular complexity index is 1000. The number of nitrogens with two attached hydrogens (primary N) is 1. The van der Waals surface area contributed by atoms with Gasteiger partial charge in [0.2, 0.25) is 0 Å². The minimum absolute atomic E-state index is 0.0868. The first-order chi connectivity index (χ1) is 11.8. The van der Waals surface area contributed by atoms with Crippen molar-refractivity contribution < 1.29 is 14.7 Å². The van der Waals surface area contributed by atoms with Crippen LogP contribution in [0.3, 0.4) is 0 Å². The van der Waals surface area contributed by atoms with Crippen molar-refractivity contribution in [2.75, 3.05) is 0 Å². The lowest BCUT2D eigenvalue weighted by molar-refractivity contribution is -0.114. The highest BCUT2D eigenvalue weighted by atomic mass is 35.5. The summed E-state index contributed by atoms with van der Waals surface area (Å²) in [5, 5.41) is 11.5. The molecule has 3 N–H and O–H groups in total. The van der Waals surface area contributed by atoms with Crippen molar-refractivity contribution >= 4 is 45.8 Å². The molecule has 0 aliphatic rings. The third-order valence-corrected chi connectivity index (χ3v) is 4.86. The number of hydrogen-bond donors (Lipinski definition) is 2. The van der Waals surface area contributed by atoms with Gasteiger partial charge in [-0.25, -0.2) is 0 Å². The number of hydrogen-bond acceptors (Lipinski definition) is 3. The van der Waals surface area contributed by atoms with Gasteiger partial charge in [-0.1, -0.05) is 35.3 Å². The van der Waals surface area contributed by atoms with E-state index >= 15 is 0 Å². The van der Waals surface area contributed by atoms with E-state index in [4.69, 9.17) is 28.9 Å². The minimum atomic E-state index is -1.08. The van der Waals surface area contributed by atoms with Crippen LogP contribution in [0.2, 0.25) is 10.0 Å². The number of benzene rings is 2. The molecule has 5 nitrogen and oxygen atoms in total. The molecule has 0 unspecified atom stereocenters. The number of carbonyl (C=O) groups excluding carboxylic acids is 2. The number of phenols is 1. The maximum atomic E-state index is 12.3. The fourth-order valence-corrected chi connectivity index (χ4v) is 3.47. The normalized spacial score (nSPS) is 11.0. The third kappa shape index (κ3) is 2.86. The molecule has 3 rings (SSSR count). The summed E-state index contributed by atoms with van der Waals surface area (Å²) in [4.78, 5) is 23.7. The predicted octanol–water partition coefficient (Wildman–Crippen LogP) is 3.68. The molecule has 3 aromatic rings. The van der Waals surface area contributed by atoms with Crippen molar-refractivity contribution in [3.8, 4) is 5.75 Å². The van der Waals surface area contributed by atoms with E-state index in [2.05, 4.69) is 0 Å². The summed E-state index contributed by atoms with van der Waals surface area (Å²) in [6.45, 7) is 1.96. The van der Waals surface area contributed by atoms with Gasteiger partial charge in [0.05, 0.1) is 23.0 Å². The van der Waals surface area contributed by atoms with Crippen molar-refractivity contribution in [2.45, 2.75) is 13.5 Å². The highest BCUT2D eigenvalue weighted by Crippen LogP contribution is 2.35. The van der Waals surface area contributed by atoms with E-state index < -0.39 is 11.7 Å². The SMILES string of the molecule is Cc1c(C(=O)C(N)=O)c2c(O)cccc2n1Cc1c(Cl)cccc1Cl. The topological polar surface area (TPSA) is 85.3 Å². The van der Waals surface area contributed by atoms with Gasteiger partial charge in [-0.15, -0.1) is 0 Å². The number of aromatic hydroxyl groups is 1. The monoisotopic (exact) mass is 376 g/mol. The Morgan fingerprint density at radius 2 is 1.72 bits per heavy atom. The number of primary amides is 1. The zero-order chi connectivity index (χ0) is 18.3. The van der Waals surface area contributed by atoms with Crippen LogP contribution < -0.4 is 5.73 Å². The van der Waals surface area contributed by atoms with Crippen LogP contribution >= 0.6 is 23.2 Å². The Balaban J connectivity index is 2.30. The molecule has 0 bridgehead atoms. The molecule has 1 aromatic heterocycles. The lowest BCUT2D eigenvalue weighted by Gasteiger charge is -2.12. The van der Waals surface area contributed by atoms with Gasteiger partial charge in [0, 0.05) is 21.3 Å². The number of carbonyl (C=O) groups is 2. The zero-order valence-corrected chi connectivity index (χ0v) is 14.7. The average molecular weight is 377 g/mol. The molecule has 7 heteroatoms. The molecule has 1 amide bonds. The number of aromatic nitrogens is 1. The zero-order valence-electron chi connectivity index (χ0n) is 13.2. The van der Waals surface area contributed by atoms with E-state index in [9.17, 15) is 14.7 Å². The van der Waals surface area contributed by atoms with Gasteiger partial charge < -0.3 is 15.4 Å².